The number of carbonyl (C=O) groups excluding carboxylic acids is 2. The molecule has 2 amide bonds. The van der Waals surface area contributed by atoms with Crippen molar-refractivity contribution in [2.24, 2.45) is 0 Å². The van der Waals surface area contributed by atoms with E-state index in [0.717, 1.165) is 23.8 Å². The Balaban J connectivity index is 2.20. The number of methoxy groups -OCH3 is 1. The number of benzene rings is 2. The SMILES string of the molecule is CC[C@@H](C)NC(=O)[C@@H](C)N(Cc1cccc(C)c1)C(=O)CCCN(c1ccc(OC)c(Cl)c1)S(C)(=O)=O. The summed E-state index contributed by atoms with van der Waals surface area (Å²) in [4.78, 5) is 27.8. The van der Waals surface area contributed by atoms with E-state index in [1.54, 1.807) is 24.0 Å². The molecule has 0 fully saturated rings. The van der Waals surface area contributed by atoms with Crippen molar-refractivity contribution in [2.75, 3.05) is 24.2 Å². The molecule has 2 aromatic rings. The van der Waals surface area contributed by atoms with Gasteiger partial charge in [-0.2, -0.15) is 0 Å². The summed E-state index contributed by atoms with van der Waals surface area (Å²) >= 11 is 6.20. The van der Waals surface area contributed by atoms with E-state index >= 15 is 0 Å². The van der Waals surface area contributed by atoms with Crippen LogP contribution in [0.15, 0.2) is 42.5 Å². The zero-order valence-electron chi connectivity index (χ0n) is 22.5. The second-order valence-electron chi connectivity index (χ2n) is 9.26. The van der Waals surface area contributed by atoms with Gasteiger partial charge in [0.25, 0.3) is 0 Å². The quantitative estimate of drug-likeness (QED) is 0.394. The van der Waals surface area contributed by atoms with Crippen molar-refractivity contribution in [1.29, 1.82) is 0 Å². The van der Waals surface area contributed by atoms with Gasteiger partial charge in [0.2, 0.25) is 21.8 Å². The Morgan fingerprint density at radius 2 is 1.84 bits per heavy atom. The smallest absolute Gasteiger partial charge is 0.242 e. The zero-order valence-corrected chi connectivity index (χ0v) is 24.0. The summed E-state index contributed by atoms with van der Waals surface area (Å²) in [5.41, 5.74) is 2.37. The number of aryl methyl sites for hydroxylation is 1. The molecule has 0 aliphatic heterocycles. The van der Waals surface area contributed by atoms with Crippen LogP contribution in [-0.4, -0.2) is 57.1 Å². The third-order valence-corrected chi connectivity index (χ3v) is 7.67. The topological polar surface area (TPSA) is 96.0 Å². The molecule has 10 heteroatoms. The first-order chi connectivity index (χ1) is 17.4. The molecule has 0 saturated carbocycles. The molecule has 8 nitrogen and oxygen atoms in total. The van der Waals surface area contributed by atoms with Crippen molar-refractivity contribution in [3.63, 3.8) is 0 Å². The van der Waals surface area contributed by atoms with Gasteiger partial charge in [-0.25, -0.2) is 8.42 Å². The number of anilines is 1. The zero-order chi connectivity index (χ0) is 27.8. The molecule has 0 saturated heterocycles. The normalized spacial score (nSPS) is 12.9. The van der Waals surface area contributed by atoms with Crippen LogP contribution in [0.3, 0.4) is 0 Å². The summed E-state index contributed by atoms with van der Waals surface area (Å²) in [6.45, 7) is 7.95. The van der Waals surface area contributed by atoms with E-state index in [2.05, 4.69) is 5.32 Å². The highest BCUT2D eigenvalue weighted by Crippen LogP contribution is 2.30. The van der Waals surface area contributed by atoms with Crippen LogP contribution in [0.25, 0.3) is 0 Å². The number of nitrogens with zero attached hydrogens (tertiary/aromatic N) is 2. The number of hydrogen-bond donors (Lipinski definition) is 1. The highest BCUT2D eigenvalue weighted by Gasteiger charge is 2.27. The summed E-state index contributed by atoms with van der Waals surface area (Å²) in [5.74, 6) is -0.0130. The monoisotopic (exact) mass is 551 g/mol. The van der Waals surface area contributed by atoms with E-state index in [9.17, 15) is 18.0 Å². The maximum Gasteiger partial charge on any atom is 0.242 e. The third-order valence-electron chi connectivity index (χ3n) is 6.18. The van der Waals surface area contributed by atoms with E-state index in [4.69, 9.17) is 16.3 Å². The Bertz CT molecular complexity index is 1190. The van der Waals surface area contributed by atoms with Gasteiger partial charge in [-0.15, -0.1) is 0 Å². The van der Waals surface area contributed by atoms with Crippen molar-refractivity contribution in [3.8, 4) is 5.75 Å². The number of carbonyl (C=O) groups is 2. The Hall–Kier alpha value is -2.78. The summed E-state index contributed by atoms with van der Waals surface area (Å²) in [6.07, 6.45) is 2.22. The minimum atomic E-state index is -3.63. The van der Waals surface area contributed by atoms with Gasteiger partial charge < -0.3 is 15.0 Å². The fourth-order valence-corrected chi connectivity index (χ4v) is 5.08. The minimum absolute atomic E-state index is 0.00879. The van der Waals surface area contributed by atoms with Crippen LogP contribution in [0.1, 0.15) is 51.2 Å². The van der Waals surface area contributed by atoms with Crippen LogP contribution < -0.4 is 14.4 Å². The summed E-state index contributed by atoms with van der Waals surface area (Å²) in [5, 5.41) is 3.24. The lowest BCUT2D eigenvalue weighted by Gasteiger charge is -2.30. The predicted molar refractivity (Wildman–Crippen MR) is 149 cm³/mol. The number of rotatable bonds is 13. The highest BCUT2D eigenvalue weighted by atomic mass is 35.5. The highest BCUT2D eigenvalue weighted by molar-refractivity contribution is 7.92. The molecule has 2 atom stereocenters. The predicted octanol–water partition coefficient (Wildman–Crippen LogP) is 4.54. The van der Waals surface area contributed by atoms with Crippen molar-refractivity contribution in [2.45, 2.75) is 65.6 Å². The van der Waals surface area contributed by atoms with Crippen LogP contribution >= 0.6 is 11.6 Å². The molecule has 0 radical (unpaired) electrons. The molecular weight excluding hydrogens is 514 g/mol. The summed E-state index contributed by atoms with van der Waals surface area (Å²) in [6, 6.07) is 11.8. The van der Waals surface area contributed by atoms with Crippen LogP contribution in [0.5, 0.6) is 5.75 Å². The fraction of sp³-hybridized carbons (Fsp3) is 0.481. The van der Waals surface area contributed by atoms with Crippen molar-refractivity contribution in [3.05, 3.63) is 58.6 Å². The van der Waals surface area contributed by atoms with E-state index in [-0.39, 0.29) is 48.8 Å². The molecule has 204 valence electrons. The lowest BCUT2D eigenvalue weighted by molar-refractivity contribution is -0.140. The number of ether oxygens (including phenoxy) is 1. The van der Waals surface area contributed by atoms with Gasteiger partial charge in [-0.3, -0.25) is 13.9 Å². The maximum atomic E-state index is 13.4. The van der Waals surface area contributed by atoms with E-state index in [1.807, 2.05) is 45.0 Å². The van der Waals surface area contributed by atoms with Crippen LogP contribution in [0.2, 0.25) is 5.02 Å². The summed E-state index contributed by atoms with van der Waals surface area (Å²) in [7, 11) is -2.15. The fourth-order valence-electron chi connectivity index (χ4n) is 3.87. The molecule has 37 heavy (non-hydrogen) atoms. The second kappa shape index (κ2) is 13.7. The molecule has 0 unspecified atom stereocenters. The Morgan fingerprint density at radius 3 is 2.41 bits per heavy atom. The van der Waals surface area contributed by atoms with Crippen LogP contribution in [0.4, 0.5) is 5.69 Å². The largest absolute Gasteiger partial charge is 0.495 e. The van der Waals surface area contributed by atoms with Gasteiger partial charge >= 0.3 is 0 Å². The average Bonchev–Trinajstić information content (AvgIpc) is 2.83. The standard InChI is InChI=1S/C27H38ClN3O5S/c1-7-20(3)29-27(33)21(4)30(18-22-11-8-10-19(2)16-22)26(32)12-9-15-31(37(6,34)35)23-13-14-25(36-5)24(28)17-23/h8,10-11,13-14,16-17,20-21H,7,9,12,15,18H2,1-6H3,(H,29,33)/t20-,21-/m1/s1. The Kier molecular flexibility index (Phi) is 11.3. The van der Waals surface area contributed by atoms with Gasteiger partial charge in [0.05, 0.1) is 24.1 Å². The molecule has 1 N–H and O–H groups in total. The lowest BCUT2D eigenvalue weighted by atomic mass is 10.1. The third kappa shape index (κ3) is 8.93. The van der Waals surface area contributed by atoms with Crippen LogP contribution in [0, 0.1) is 6.92 Å². The number of amides is 2. The van der Waals surface area contributed by atoms with Gasteiger partial charge in [0.15, 0.2) is 0 Å². The molecular formula is C27H38ClN3O5S. The first-order valence-electron chi connectivity index (χ1n) is 12.3. The lowest BCUT2D eigenvalue weighted by Crippen LogP contribution is -2.49. The maximum absolute atomic E-state index is 13.4. The van der Waals surface area contributed by atoms with Crippen molar-refractivity contribution >= 4 is 39.1 Å². The Morgan fingerprint density at radius 1 is 1.14 bits per heavy atom. The molecule has 2 rings (SSSR count). The number of nitrogens with one attached hydrogen (secondary N) is 1. The van der Waals surface area contributed by atoms with Crippen molar-refractivity contribution < 1.29 is 22.7 Å². The molecule has 0 aliphatic carbocycles. The van der Waals surface area contributed by atoms with Gasteiger partial charge in [0, 0.05) is 25.6 Å². The molecule has 0 bridgehead atoms. The van der Waals surface area contributed by atoms with E-state index in [0.29, 0.717) is 11.4 Å². The molecule has 0 aromatic heterocycles. The van der Waals surface area contributed by atoms with E-state index < -0.39 is 16.1 Å². The van der Waals surface area contributed by atoms with Gasteiger partial charge in [-0.05, 0) is 57.4 Å². The number of halogens is 1. The number of sulfonamides is 1. The van der Waals surface area contributed by atoms with E-state index in [1.165, 1.54) is 17.5 Å². The second-order valence-corrected chi connectivity index (χ2v) is 11.6. The van der Waals surface area contributed by atoms with Crippen molar-refractivity contribution in [1.82, 2.24) is 10.2 Å². The summed E-state index contributed by atoms with van der Waals surface area (Å²) < 4.78 is 31.4. The van der Waals surface area contributed by atoms with Crippen LogP contribution in [-0.2, 0) is 26.2 Å². The molecule has 2 aromatic carbocycles. The van der Waals surface area contributed by atoms with Gasteiger partial charge in [0.1, 0.15) is 11.8 Å². The Labute approximate surface area is 226 Å². The number of hydrogen-bond acceptors (Lipinski definition) is 5. The molecule has 0 spiro atoms. The first-order valence-corrected chi connectivity index (χ1v) is 14.6. The first kappa shape index (κ1) is 30.4. The molecule has 0 aliphatic rings. The minimum Gasteiger partial charge on any atom is -0.495 e. The average molecular weight is 552 g/mol. The molecule has 0 heterocycles. The van der Waals surface area contributed by atoms with Gasteiger partial charge in [-0.1, -0.05) is 48.4 Å².